The van der Waals surface area contributed by atoms with Gasteiger partial charge in [0.1, 0.15) is 0 Å². The lowest BCUT2D eigenvalue weighted by atomic mass is 10.1. The maximum absolute atomic E-state index is 6.22. The summed E-state index contributed by atoms with van der Waals surface area (Å²) in [6.07, 6.45) is 0.146. The molecule has 4 nitrogen and oxygen atoms in total. The van der Waals surface area contributed by atoms with Crippen molar-refractivity contribution in [1.29, 1.82) is 0 Å². The van der Waals surface area contributed by atoms with E-state index < -0.39 is 5.79 Å². The Kier molecular flexibility index (Phi) is 4.31. The lowest BCUT2D eigenvalue weighted by Gasteiger charge is -2.37. The maximum Gasteiger partial charge on any atom is 0.192 e. The molecule has 0 spiro atoms. The molecule has 21 heavy (non-hydrogen) atoms. The molecule has 4 atom stereocenters. The number of hydrogen-bond acceptors (Lipinski definition) is 4. The van der Waals surface area contributed by atoms with Crippen molar-refractivity contribution in [2.75, 3.05) is 26.2 Å². The van der Waals surface area contributed by atoms with E-state index in [0.717, 1.165) is 25.2 Å². The van der Waals surface area contributed by atoms with E-state index in [0.29, 0.717) is 18.7 Å². The summed E-state index contributed by atoms with van der Waals surface area (Å²) in [6.45, 7) is 10.3. The predicted molar refractivity (Wildman–Crippen MR) is 83.1 cm³/mol. The molecule has 2 aliphatic rings. The molecule has 2 aliphatic heterocycles. The lowest BCUT2D eigenvalue weighted by molar-refractivity contribution is -0.163. The first kappa shape index (κ1) is 15.0. The molecule has 4 unspecified atom stereocenters. The first-order valence-corrected chi connectivity index (χ1v) is 7.91. The quantitative estimate of drug-likeness (QED) is 0.922. The van der Waals surface area contributed by atoms with Gasteiger partial charge in [0.25, 0.3) is 0 Å². The molecule has 4 heteroatoms. The smallest absolute Gasteiger partial charge is 0.192 e. The number of hydrogen-bond donors (Lipinski definition) is 1. The summed E-state index contributed by atoms with van der Waals surface area (Å²) in [5.74, 6) is -0.600. The summed E-state index contributed by atoms with van der Waals surface area (Å²) in [7, 11) is 0. The summed E-state index contributed by atoms with van der Waals surface area (Å²) in [5, 5.41) is 3.56. The summed E-state index contributed by atoms with van der Waals surface area (Å²) < 4.78 is 12.2. The molecule has 1 aromatic carbocycles. The molecule has 116 valence electrons. The molecule has 0 radical (unpaired) electrons. The van der Waals surface area contributed by atoms with Gasteiger partial charge in [0.2, 0.25) is 0 Å². The third-order valence-electron chi connectivity index (χ3n) is 4.33. The standard InChI is InChI=1S/C17H26N2O2/c1-13-9-19(10-14(2)18-13)11-16-12-20-17(3,21-16)15-7-5-4-6-8-15/h4-8,13-14,16,18H,9-12H2,1-3H3. The molecular formula is C17H26N2O2. The first-order valence-electron chi connectivity index (χ1n) is 7.91. The zero-order valence-electron chi connectivity index (χ0n) is 13.2. The predicted octanol–water partition coefficient (Wildman–Crippen LogP) is 1.96. The van der Waals surface area contributed by atoms with Crippen LogP contribution in [0, 0.1) is 0 Å². The zero-order chi connectivity index (χ0) is 14.9. The van der Waals surface area contributed by atoms with Gasteiger partial charge in [-0.15, -0.1) is 0 Å². The van der Waals surface area contributed by atoms with Crippen molar-refractivity contribution in [2.45, 2.75) is 44.7 Å². The third-order valence-corrected chi connectivity index (χ3v) is 4.33. The Morgan fingerprint density at radius 3 is 2.52 bits per heavy atom. The minimum atomic E-state index is -0.600. The second-order valence-electron chi connectivity index (χ2n) is 6.55. The molecule has 0 amide bonds. The van der Waals surface area contributed by atoms with E-state index in [-0.39, 0.29) is 6.10 Å². The first-order chi connectivity index (χ1) is 10.0. The number of benzene rings is 1. The van der Waals surface area contributed by atoms with E-state index in [1.54, 1.807) is 0 Å². The summed E-state index contributed by atoms with van der Waals surface area (Å²) in [5.41, 5.74) is 1.09. The minimum absolute atomic E-state index is 0.146. The largest absolute Gasteiger partial charge is 0.343 e. The van der Waals surface area contributed by atoms with E-state index in [1.165, 1.54) is 0 Å². The van der Waals surface area contributed by atoms with Gasteiger partial charge >= 0.3 is 0 Å². The Morgan fingerprint density at radius 1 is 1.19 bits per heavy atom. The van der Waals surface area contributed by atoms with E-state index in [2.05, 4.69) is 36.2 Å². The SMILES string of the molecule is CC1CN(CC2COC(C)(c3ccccc3)O2)CC(C)N1. The van der Waals surface area contributed by atoms with Gasteiger partial charge < -0.3 is 14.8 Å². The Morgan fingerprint density at radius 2 is 1.86 bits per heavy atom. The lowest BCUT2D eigenvalue weighted by Crippen LogP contribution is -2.55. The van der Waals surface area contributed by atoms with Crippen LogP contribution in [0.25, 0.3) is 0 Å². The highest BCUT2D eigenvalue weighted by atomic mass is 16.7. The van der Waals surface area contributed by atoms with Crippen LogP contribution in [0.1, 0.15) is 26.3 Å². The van der Waals surface area contributed by atoms with Crippen LogP contribution in [0.2, 0.25) is 0 Å². The molecule has 1 N–H and O–H groups in total. The summed E-state index contributed by atoms with van der Waals surface area (Å²) in [6, 6.07) is 11.3. The van der Waals surface area contributed by atoms with Gasteiger partial charge in [-0.25, -0.2) is 0 Å². The molecular weight excluding hydrogens is 264 g/mol. The molecule has 2 fully saturated rings. The van der Waals surface area contributed by atoms with Crippen molar-refractivity contribution in [2.24, 2.45) is 0 Å². The van der Waals surface area contributed by atoms with Crippen molar-refractivity contribution in [3.63, 3.8) is 0 Å². The molecule has 3 rings (SSSR count). The molecule has 0 aliphatic carbocycles. The van der Waals surface area contributed by atoms with Gasteiger partial charge in [0.05, 0.1) is 12.7 Å². The number of rotatable bonds is 3. The minimum Gasteiger partial charge on any atom is -0.343 e. The van der Waals surface area contributed by atoms with Crippen molar-refractivity contribution >= 4 is 0 Å². The van der Waals surface area contributed by atoms with Crippen LogP contribution >= 0.6 is 0 Å². The Labute approximate surface area is 127 Å². The normalized spacial score (nSPS) is 37.8. The Bertz CT molecular complexity index is 457. The van der Waals surface area contributed by atoms with E-state index in [1.807, 2.05) is 25.1 Å². The van der Waals surface area contributed by atoms with Crippen LogP contribution in [0.5, 0.6) is 0 Å². The topological polar surface area (TPSA) is 33.7 Å². The van der Waals surface area contributed by atoms with Gasteiger partial charge in [-0.3, -0.25) is 4.90 Å². The summed E-state index contributed by atoms with van der Waals surface area (Å²) >= 11 is 0. The van der Waals surface area contributed by atoms with Gasteiger partial charge in [-0.2, -0.15) is 0 Å². The average molecular weight is 290 g/mol. The highest BCUT2D eigenvalue weighted by molar-refractivity contribution is 5.20. The van der Waals surface area contributed by atoms with Crippen LogP contribution in [0.3, 0.4) is 0 Å². The molecule has 2 saturated heterocycles. The van der Waals surface area contributed by atoms with Crippen LogP contribution in [0.15, 0.2) is 30.3 Å². The molecule has 0 bridgehead atoms. The fourth-order valence-electron chi connectivity index (χ4n) is 3.50. The van der Waals surface area contributed by atoms with Crippen molar-refractivity contribution < 1.29 is 9.47 Å². The number of ether oxygens (including phenoxy) is 2. The second-order valence-corrected chi connectivity index (χ2v) is 6.55. The van der Waals surface area contributed by atoms with Crippen LogP contribution in [-0.4, -0.2) is 49.3 Å². The third kappa shape index (κ3) is 3.46. The summed E-state index contributed by atoms with van der Waals surface area (Å²) in [4.78, 5) is 2.48. The highest BCUT2D eigenvalue weighted by Gasteiger charge is 2.39. The van der Waals surface area contributed by atoms with Gasteiger partial charge in [-0.05, 0) is 20.8 Å². The van der Waals surface area contributed by atoms with Crippen LogP contribution in [0.4, 0.5) is 0 Å². The van der Waals surface area contributed by atoms with Gasteiger partial charge in [-0.1, -0.05) is 30.3 Å². The molecule has 2 heterocycles. The van der Waals surface area contributed by atoms with Crippen molar-refractivity contribution in [3.8, 4) is 0 Å². The highest BCUT2D eigenvalue weighted by Crippen LogP contribution is 2.33. The fraction of sp³-hybridized carbons (Fsp3) is 0.647. The Hall–Kier alpha value is -0.940. The van der Waals surface area contributed by atoms with Crippen molar-refractivity contribution in [3.05, 3.63) is 35.9 Å². The van der Waals surface area contributed by atoms with Crippen LogP contribution in [-0.2, 0) is 15.3 Å². The average Bonchev–Trinajstić information content (AvgIpc) is 2.81. The Balaban J connectivity index is 1.60. The van der Waals surface area contributed by atoms with Gasteiger partial charge in [0.15, 0.2) is 5.79 Å². The number of nitrogens with one attached hydrogen (secondary N) is 1. The number of piperazine rings is 1. The molecule has 1 aromatic rings. The van der Waals surface area contributed by atoms with Gasteiger partial charge in [0, 0.05) is 37.3 Å². The van der Waals surface area contributed by atoms with E-state index >= 15 is 0 Å². The second kappa shape index (κ2) is 6.05. The monoisotopic (exact) mass is 290 g/mol. The number of nitrogens with zero attached hydrogens (tertiary/aromatic N) is 1. The maximum atomic E-state index is 6.22. The molecule has 0 saturated carbocycles. The fourth-order valence-corrected chi connectivity index (χ4v) is 3.50. The van der Waals surface area contributed by atoms with Crippen LogP contribution < -0.4 is 5.32 Å². The molecule has 0 aromatic heterocycles. The van der Waals surface area contributed by atoms with E-state index in [9.17, 15) is 0 Å². The van der Waals surface area contributed by atoms with Crippen molar-refractivity contribution in [1.82, 2.24) is 10.2 Å². The zero-order valence-corrected chi connectivity index (χ0v) is 13.2. The van der Waals surface area contributed by atoms with E-state index in [4.69, 9.17) is 9.47 Å².